The maximum Gasteiger partial charge on any atom is 0.234 e. The molecule has 100 valence electrons. The van der Waals surface area contributed by atoms with Gasteiger partial charge >= 0.3 is 0 Å². The maximum absolute atomic E-state index is 11.9. The van der Waals surface area contributed by atoms with E-state index in [0.29, 0.717) is 5.16 Å². The van der Waals surface area contributed by atoms with Gasteiger partial charge in [-0.15, -0.1) is 10.2 Å². The molecule has 0 aliphatic rings. The molecule has 0 unspecified atom stereocenters. The molecule has 0 bridgehead atoms. The van der Waals surface area contributed by atoms with Crippen molar-refractivity contribution in [3.8, 4) is 0 Å². The molecule has 1 aromatic carbocycles. The Kier molecular flexibility index (Phi) is 4.40. The number of nitrogen functional groups attached to an aromatic ring is 1. The number of anilines is 1. The van der Waals surface area contributed by atoms with Crippen LogP contribution in [0, 0.1) is 0 Å². The number of rotatable bonds is 5. The monoisotopic (exact) mass is 277 g/mol. The van der Waals surface area contributed by atoms with Gasteiger partial charge in [0.25, 0.3) is 0 Å². The molecule has 0 radical (unpaired) electrons. The average molecular weight is 277 g/mol. The van der Waals surface area contributed by atoms with E-state index in [1.54, 1.807) is 0 Å². The number of aromatic nitrogens is 3. The van der Waals surface area contributed by atoms with Crippen molar-refractivity contribution in [1.29, 1.82) is 0 Å². The molecule has 0 atom stereocenters. The minimum Gasteiger partial charge on any atom is -0.336 e. The van der Waals surface area contributed by atoms with E-state index in [1.165, 1.54) is 22.8 Å². The summed E-state index contributed by atoms with van der Waals surface area (Å²) in [5, 5.41) is 10.8. The Balaban J connectivity index is 1.93. The molecule has 0 saturated carbocycles. The van der Waals surface area contributed by atoms with Crippen LogP contribution in [0.1, 0.15) is 12.5 Å². The second-order valence-corrected chi connectivity index (χ2v) is 4.81. The van der Waals surface area contributed by atoms with Gasteiger partial charge in [-0.25, -0.2) is 4.68 Å². The van der Waals surface area contributed by atoms with Crippen LogP contribution in [0.5, 0.6) is 0 Å². The van der Waals surface area contributed by atoms with E-state index in [1.807, 2.05) is 24.3 Å². The molecule has 2 rings (SSSR count). The fourth-order valence-corrected chi connectivity index (χ4v) is 2.24. The fraction of sp³-hybridized carbons (Fsp3) is 0.250. The molecule has 0 aliphatic carbocycles. The summed E-state index contributed by atoms with van der Waals surface area (Å²) in [5.74, 6) is 5.72. The molecular weight excluding hydrogens is 262 g/mol. The number of para-hydroxylation sites is 1. The van der Waals surface area contributed by atoms with Crippen LogP contribution in [-0.4, -0.2) is 26.5 Å². The molecular formula is C12H15N5OS. The van der Waals surface area contributed by atoms with E-state index < -0.39 is 0 Å². The Morgan fingerprint density at radius 3 is 2.95 bits per heavy atom. The lowest BCUT2D eigenvalue weighted by Crippen LogP contribution is -2.16. The predicted octanol–water partition coefficient (Wildman–Crippen LogP) is 1.29. The second-order valence-electron chi connectivity index (χ2n) is 3.87. The number of nitrogens with one attached hydrogen (secondary N) is 1. The number of nitrogens with two attached hydrogens (primary N) is 1. The third-order valence-corrected chi connectivity index (χ3v) is 3.50. The van der Waals surface area contributed by atoms with E-state index in [2.05, 4.69) is 22.4 Å². The zero-order valence-corrected chi connectivity index (χ0v) is 11.4. The first-order valence-electron chi connectivity index (χ1n) is 5.86. The summed E-state index contributed by atoms with van der Waals surface area (Å²) in [6.07, 6.45) is 2.27. The third-order valence-electron chi connectivity index (χ3n) is 2.54. The Morgan fingerprint density at radius 1 is 1.47 bits per heavy atom. The van der Waals surface area contributed by atoms with Crippen molar-refractivity contribution in [2.75, 3.05) is 16.9 Å². The number of carbonyl (C=O) groups excluding carboxylic acids is 1. The maximum atomic E-state index is 11.9. The summed E-state index contributed by atoms with van der Waals surface area (Å²) in [6.45, 7) is 2.05. The van der Waals surface area contributed by atoms with Gasteiger partial charge in [-0.1, -0.05) is 36.9 Å². The highest BCUT2D eigenvalue weighted by atomic mass is 32.2. The highest BCUT2D eigenvalue weighted by Crippen LogP contribution is 2.17. The van der Waals surface area contributed by atoms with E-state index in [-0.39, 0.29) is 11.7 Å². The zero-order valence-electron chi connectivity index (χ0n) is 10.5. The third kappa shape index (κ3) is 3.47. The molecule has 1 amide bonds. The average Bonchev–Trinajstić information content (AvgIpc) is 2.82. The molecule has 7 heteroatoms. The van der Waals surface area contributed by atoms with Crippen molar-refractivity contribution < 1.29 is 4.79 Å². The van der Waals surface area contributed by atoms with E-state index in [4.69, 9.17) is 5.84 Å². The highest BCUT2D eigenvalue weighted by Gasteiger charge is 2.09. The molecule has 0 aliphatic heterocycles. The molecule has 2 aromatic rings. The smallest absolute Gasteiger partial charge is 0.234 e. The molecule has 6 nitrogen and oxygen atoms in total. The quantitative estimate of drug-likeness (QED) is 0.635. The largest absolute Gasteiger partial charge is 0.336 e. The van der Waals surface area contributed by atoms with Crippen LogP contribution in [0.3, 0.4) is 0 Å². The van der Waals surface area contributed by atoms with Crippen LogP contribution in [0.4, 0.5) is 5.69 Å². The van der Waals surface area contributed by atoms with Crippen molar-refractivity contribution in [1.82, 2.24) is 14.9 Å². The summed E-state index contributed by atoms with van der Waals surface area (Å²) in [5.41, 5.74) is 1.97. The van der Waals surface area contributed by atoms with Crippen LogP contribution < -0.4 is 11.2 Å². The topological polar surface area (TPSA) is 85.8 Å². The van der Waals surface area contributed by atoms with Gasteiger partial charge in [0.05, 0.1) is 5.75 Å². The number of benzene rings is 1. The van der Waals surface area contributed by atoms with Crippen molar-refractivity contribution in [2.24, 2.45) is 0 Å². The number of aryl methyl sites for hydroxylation is 1. The number of amides is 1. The fourth-order valence-electron chi connectivity index (χ4n) is 1.60. The summed E-state index contributed by atoms with van der Waals surface area (Å²) in [7, 11) is 0. The highest BCUT2D eigenvalue weighted by molar-refractivity contribution is 7.99. The standard InChI is InChI=1S/C12H15N5OS/c1-2-9-5-3-4-6-10(9)15-11(18)7-19-12-16-14-8-17(12)13/h3-6,8H,2,7,13H2,1H3,(H,15,18). The number of hydrogen-bond acceptors (Lipinski definition) is 5. The van der Waals surface area contributed by atoms with Gasteiger partial charge in [0.2, 0.25) is 11.1 Å². The van der Waals surface area contributed by atoms with Crippen molar-refractivity contribution in [3.63, 3.8) is 0 Å². The Morgan fingerprint density at radius 2 is 2.26 bits per heavy atom. The van der Waals surface area contributed by atoms with Gasteiger partial charge in [0.1, 0.15) is 6.33 Å². The summed E-state index contributed by atoms with van der Waals surface area (Å²) in [4.78, 5) is 11.9. The van der Waals surface area contributed by atoms with Gasteiger partial charge in [0, 0.05) is 5.69 Å². The molecule has 1 aromatic heterocycles. The van der Waals surface area contributed by atoms with Crippen molar-refractivity contribution in [3.05, 3.63) is 36.2 Å². The predicted molar refractivity (Wildman–Crippen MR) is 75.3 cm³/mol. The molecule has 0 saturated heterocycles. The van der Waals surface area contributed by atoms with Crippen LogP contribution in [0.2, 0.25) is 0 Å². The van der Waals surface area contributed by atoms with Crippen LogP contribution in [-0.2, 0) is 11.2 Å². The molecule has 3 N–H and O–H groups in total. The Bertz CT molecular complexity index is 569. The van der Waals surface area contributed by atoms with Crippen LogP contribution in [0.15, 0.2) is 35.7 Å². The van der Waals surface area contributed by atoms with Gasteiger partial charge in [-0.05, 0) is 18.1 Å². The minimum absolute atomic E-state index is 0.0890. The van der Waals surface area contributed by atoms with E-state index in [9.17, 15) is 4.79 Å². The first-order valence-corrected chi connectivity index (χ1v) is 6.85. The SMILES string of the molecule is CCc1ccccc1NC(=O)CSc1nncn1N. The zero-order chi connectivity index (χ0) is 13.7. The van der Waals surface area contributed by atoms with Crippen molar-refractivity contribution >= 4 is 23.4 Å². The molecule has 0 spiro atoms. The van der Waals surface area contributed by atoms with Gasteiger partial charge in [-0.2, -0.15) is 0 Å². The van der Waals surface area contributed by atoms with Crippen LogP contribution >= 0.6 is 11.8 Å². The second kappa shape index (κ2) is 6.24. The summed E-state index contributed by atoms with van der Waals surface area (Å²) in [6, 6.07) is 7.75. The lowest BCUT2D eigenvalue weighted by molar-refractivity contribution is -0.113. The van der Waals surface area contributed by atoms with Gasteiger partial charge < -0.3 is 11.2 Å². The van der Waals surface area contributed by atoms with Crippen LogP contribution in [0.25, 0.3) is 0 Å². The van der Waals surface area contributed by atoms with E-state index in [0.717, 1.165) is 17.7 Å². The lowest BCUT2D eigenvalue weighted by Gasteiger charge is -2.09. The van der Waals surface area contributed by atoms with Crippen molar-refractivity contribution in [2.45, 2.75) is 18.5 Å². The number of thioether (sulfide) groups is 1. The summed E-state index contributed by atoms with van der Waals surface area (Å²) >= 11 is 1.25. The molecule has 1 heterocycles. The first-order chi connectivity index (χ1) is 9.20. The number of carbonyl (C=O) groups is 1. The summed E-state index contributed by atoms with van der Waals surface area (Å²) < 4.78 is 1.29. The van der Waals surface area contributed by atoms with E-state index >= 15 is 0 Å². The number of nitrogens with zero attached hydrogens (tertiary/aromatic N) is 3. The normalized spacial score (nSPS) is 10.4. The van der Waals surface area contributed by atoms with Gasteiger partial charge in [0.15, 0.2) is 0 Å². The first kappa shape index (κ1) is 13.4. The Labute approximate surface area is 115 Å². The molecule has 19 heavy (non-hydrogen) atoms. The minimum atomic E-state index is -0.0890. The lowest BCUT2D eigenvalue weighted by atomic mass is 10.1. The molecule has 0 fully saturated rings. The number of hydrogen-bond donors (Lipinski definition) is 2. The van der Waals surface area contributed by atoms with Gasteiger partial charge in [-0.3, -0.25) is 4.79 Å². The Hall–Kier alpha value is -2.02.